The van der Waals surface area contributed by atoms with Gasteiger partial charge in [0.1, 0.15) is 0 Å². The molecule has 4 heteroatoms. The molecular formula is C15H21NO3. The van der Waals surface area contributed by atoms with Crippen LogP contribution in [0.5, 0.6) is 0 Å². The van der Waals surface area contributed by atoms with Gasteiger partial charge in [-0.3, -0.25) is 0 Å². The number of aliphatic hydroxyl groups is 1. The molecule has 0 aromatic heterocycles. The van der Waals surface area contributed by atoms with E-state index < -0.39 is 17.4 Å². The third kappa shape index (κ3) is 2.09. The highest BCUT2D eigenvalue weighted by atomic mass is 16.7. The second-order valence-electron chi connectivity index (χ2n) is 5.75. The summed E-state index contributed by atoms with van der Waals surface area (Å²) >= 11 is 0. The summed E-state index contributed by atoms with van der Waals surface area (Å²) in [4.78, 5) is 0. The van der Waals surface area contributed by atoms with Gasteiger partial charge >= 0.3 is 0 Å². The van der Waals surface area contributed by atoms with Crippen LogP contribution in [0.4, 0.5) is 0 Å². The van der Waals surface area contributed by atoms with Gasteiger partial charge < -0.3 is 20.3 Å². The van der Waals surface area contributed by atoms with Gasteiger partial charge in [-0.25, -0.2) is 0 Å². The quantitative estimate of drug-likeness (QED) is 0.806. The van der Waals surface area contributed by atoms with E-state index in [1.54, 1.807) is 0 Å². The molecular weight excluding hydrogens is 242 g/mol. The summed E-state index contributed by atoms with van der Waals surface area (Å²) in [6, 6.07) is 7.90. The van der Waals surface area contributed by atoms with Crippen LogP contribution in [-0.4, -0.2) is 29.6 Å². The molecule has 1 aliphatic heterocycles. The van der Waals surface area contributed by atoms with Crippen molar-refractivity contribution in [2.24, 2.45) is 5.73 Å². The fourth-order valence-electron chi connectivity index (χ4n) is 3.16. The van der Waals surface area contributed by atoms with E-state index in [0.717, 1.165) is 17.5 Å². The Kier molecular flexibility index (Phi) is 3.14. The SMILES string of the molecule is CC1(C2(N)Cc3ccccc3C(O)C2)OCCCO1. The smallest absolute Gasteiger partial charge is 0.183 e. The molecule has 1 aliphatic carbocycles. The zero-order valence-electron chi connectivity index (χ0n) is 11.3. The fourth-order valence-corrected chi connectivity index (χ4v) is 3.16. The lowest BCUT2D eigenvalue weighted by atomic mass is 9.72. The number of nitrogens with two attached hydrogens (primary N) is 1. The molecule has 2 unspecified atom stereocenters. The molecule has 1 fully saturated rings. The van der Waals surface area contributed by atoms with Crippen molar-refractivity contribution in [1.82, 2.24) is 0 Å². The van der Waals surface area contributed by atoms with E-state index in [2.05, 4.69) is 0 Å². The molecule has 19 heavy (non-hydrogen) atoms. The molecule has 3 rings (SSSR count). The summed E-state index contributed by atoms with van der Waals surface area (Å²) in [6.07, 6.45) is 1.46. The zero-order valence-corrected chi connectivity index (χ0v) is 11.3. The minimum Gasteiger partial charge on any atom is -0.388 e. The fraction of sp³-hybridized carbons (Fsp3) is 0.600. The highest BCUT2D eigenvalue weighted by Crippen LogP contribution is 2.42. The minimum atomic E-state index is -0.820. The van der Waals surface area contributed by atoms with Crippen molar-refractivity contribution in [2.45, 2.75) is 43.6 Å². The molecule has 0 bridgehead atoms. The first-order valence-corrected chi connectivity index (χ1v) is 6.87. The second kappa shape index (κ2) is 4.56. The number of fused-ring (bicyclic) bond motifs is 1. The number of rotatable bonds is 1. The first-order valence-electron chi connectivity index (χ1n) is 6.87. The molecule has 0 spiro atoms. The van der Waals surface area contributed by atoms with Crippen LogP contribution in [0.15, 0.2) is 24.3 Å². The molecule has 3 N–H and O–H groups in total. The van der Waals surface area contributed by atoms with Crippen molar-refractivity contribution >= 4 is 0 Å². The number of benzene rings is 1. The van der Waals surface area contributed by atoms with E-state index >= 15 is 0 Å². The van der Waals surface area contributed by atoms with Crippen LogP contribution < -0.4 is 5.73 Å². The van der Waals surface area contributed by atoms with Crippen LogP contribution in [-0.2, 0) is 15.9 Å². The van der Waals surface area contributed by atoms with Crippen molar-refractivity contribution in [3.05, 3.63) is 35.4 Å². The Balaban J connectivity index is 1.94. The van der Waals surface area contributed by atoms with Gasteiger partial charge in [-0.15, -0.1) is 0 Å². The largest absolute Gasteiger partial charge is 0.388 e. The number of aliphatic hydroxyl groups excluding tert-OH is 1. The molecule has 4 nitrogen and oxygen atoms in total. The Labute approximate surface area is 113 Å². The van der Waals surface area contributed by atoms with Crippen molar-refractivity contribution < 1.29 is 14.6 Å². The van der Waals surface area contributed by atoms with Crippen LogP contribution in [0.3, 0.4) is 0 Å². The molecule has 104 valence electrons. The lowest BCUT2D eigenvalue weighted by molar-refractivity contribution is -0.294. The van der Waals surface area contributed by atoms with Crippen LogP contribution in [0.1, 0.15) is 37.0 Å². The summed E-state index contributed by atoms with van der Waals surface area (Å²) in [5.41, 5.74) is 7.93. The molecule has 0 radical (unpaired) electrons. The average Bonchev–Trinajstić information content (AvgIpc) is 2.39. The normalized spacial score (nSPS) is 33.7. The van der Waals surface area contributed by atoms with Crippen molar-refractivity contribution in [2.75, 3.05) is 13.2 Å². The topological polar surface area (TPSA) is 64.7 Å². The standard InChI is InChI=1S/C15H21NO3/c1-14(18-7-4-8-19-14)15(16)9-11-5-2-3-6-12(11)13(17)10-15/h2-3,5-6,13,17H,4,7-10,16H2,1H3. The first-order chi connectivity index (χ1) is 9.04. The number of hydrogen-bond donors (Lipinski definition) is 2. The minimum absolute atomic E-state index is 0.459. The average molecular weight is 263 g/mol. The predicted octanol–water partition coefficient (Wildman–Crippen LogP) is 1.52. The monoisotopic (exact) mass is 263 g/mol. The zero-order chi connectivity index (χ0) is 13.5. The molecule has 1 aromatic carbocycles. The van der Waals surface area contributed by atoms with Crippen LogP contribution in [0.25, 0.3) is 0 Å². The molecule has 1 saturated heterocycles. The Morgan fingerprint density at radius 3 is 2.68 bits per heavy atom. The highest BCUT2D eigenvalue weighted by Gasteiger charge is 2.52. The van der Waals surface area contributed by atoms with Crippen molar-refractivity contribution in [1.29, 1.82) is 0 Å². The maximum absolute atomic E-state index is 10.4. The van der Waals surface area contributed by atoms with E-state index in [4.69, 9.17) is 15.2 Å². The predicted molar refractivity (Wildman–Crippen MR) is 71.6 cm³/mol. The van der Waals surface area contributed by atoms with E-state index in [-0.39, 0.29) is 0 Å². The van der Waals surface area contributed by atoms with Gasteiger partial charge in [0.25, 0.3) is 0 Å². The summed E-state index contributed by atoms with van der Waals surface area (Å²) in [6.45, 7) is 3.22. The summed E-state index contributed by atoms with van der Waals surface area (Å²) in [5.74, 6) is -0.820. The van der Waals surface area contributed by atoms with E-state index in [1.807, 2.05) is 31.2 Å². The second-order valence-corrected chi connectivity index (χ2v) is 5.75. The third-order valence-electron chi connectivity index (χ3n) is 4.43. The molecule has 0 saturated carbocycles. The van der Waals surface area contributed by atoms with Crippen LogP contribution in [0.2, 0.25) is 0 Å². The first kappa shape index (κ1) is 13.1. The Morgan fingerprint density at radius 2 is 1.95 bits per heavy atom. The van der Waals surface area contributed by atoms with Gasteiger partial charge in [-0.2, -0.15) is 0 Å². The van der Waals surface area contributed by atoms with E-state index in [0.29, 0.717) is 26.1 Å². The maximum Gasteiger partial charge on any atom is 0.183 e. The van der Waals surface area contributed by atoms with E-state index in [1.165, 1.54) is 0 Å². The maximum atomic E-state index is 10.4. The molecule has 2 atom stereocenters. The molecule has 0 amide bonds. The lowest BCUT2D eigenvalue weighted by Gasteiger charge is -2.50. The summed E-state index contributed by atoms with van der Waals surface area (Å²) in [7, 11) is 0. The van der Waals surface area contributed by atoms with Crippen LogP contribution in [0, 0.1) is 0 Å². The van der Waals surface area contributed by atoms with E-state index in [9.17, 15) is 5.11 Å². The van der Waals surface area contributed by atoms with Gasteiger partial charge in [-0.1, -0.05) is 24.3 Å². The van der Waals surface area contributed by atoms with Gasteiger partial charge in [0, 0.05) is 6.42 Å². The Bertz CT molecular complexity index is 470. The van der Waals surface area contributed by atoms with Gasteiger partial charge in [0.15, 0.2) is 5.79 Å². The van der Waals surface area contributed by atoms with Crippen molar-refractivity contribution in [3.8, 4) is 0 Å². The summed E-state index contributed by atoms with van der Waals surface area (Å²) in [5, 5.41) is 10.4. The molecule has 2 aliphatic rings. The van der Waals surface area contributed by atoms with Gasteiger partial charge in [0.05, 0.1) is 24.9 Å². The lowest BCUT2D eigenvalue weighted by Crippen LogP contribution is -2.66. The third-order valence-corrected chi connectivity index (χ3v) is 4.43. The number of ether oxygens (including phenoxy) is 2. The molecule has 1 aromatic rings. The Morgan fingerprint density at radius 1 is 1.26 bits per heavy atom. The summed E-state index contributed by atoms with van der Waals surface area (Å²) < 4.78 is 11.6. The highest BCUT2D eigenvalue weighted by molar-refractivity contribution is 5.35. The van der Waals surface area contributed by atoms with Gasteiger partial charge in [0.2, 0.25) is 0 Å². The van der Waals surface area contributed by atoms with Gasteiger partial charge in [-0.05, 0) is 30.9 Å². The Hall–Kier alpha value is -0.940. The van der Waals surface area contributed by atoms with Crippen LogP contribution >= 0.6 is 0 Å². The molecule has 1 heterocycles. The number of hydrogen-bond acceptors (Lipinski definition) is 4. The van der Waals surface area contributed by atoms with Crippen molar-refractivity contribution in [3.63, 3.8) is 0 Å².